The average molecular weight is 381 g/mol. The molecule has 4 rings (SSSR count). The molecule has 0 saturated carbocycles. The van der Waals surface area contributed by atoms with Gasteiger partial charge >= 0.3 is 6.09 Å². The Kier molecular flexibility index (Phi) is 4.96. The number of rotatable bonds is 4. The third kappa shape index (κ3) is 3.32. The molecular weight excluding hydrogens is 354 g/mol. The van der Waals surface area contributed by atoms with Gasteiger partial charge in [-0.15, -0.1) is 0 Å². The lowest BCUT2D eigenvalue weighted by Crippen LogP contribution is -2.49. The second kappa shape index (κ2) is 7.41. The fourth-order valence-electron chi connectivity index (χ4n) is 4.39. The molecule has 2 aliphatic heterocycles. The zero-order valence-electron chi connectivity index (χ0n) is 16.6. The Hall–Kier alpha value is -2.63. The predicted molar refractivity (Wildman–Crippen MR) is 107 cm³/mol. The van der Waals surface area contributed by atoms with Crippen LogP contribution in [0.25, 0.3) is 10.9 Å². The van der Waals surface area contributed by atoms with Gasteiger partial charge in [-0.2, -0.15) is 0 Å². The van der Waals surface area contributed by atoms with Gasteiger partial charge < -0.3 is 14.5 Å². The Morgan fingerprint density at radius 3 is 2.75 bits per heavy atom. The summed E-state index contributed by atoms with van der Waals surface area (Å²) in [7, 11) is 0. The quantitative estimate of drug-likeness (QED) is 0.807. The van der Waals surface area contributed by atoms with Crippen molar-refractivity contribution in [3.63, 3.8) is 0 Å². The maximum atomic E-state index is 13.1. The van der Waals surface area contributed by atoms with Crippen molar-refractivity contribution in [3.05, 3.63) is 42.1 Å². The highest BCUT2D eigenvalue weighted by atomic mass is 16.6. The van der Waals surface area contributed by atoms with Crippen molar-refractivity contribution < 1.29 is 14.3 Å². The first-order valence-electron chi connectivity index (χ1n) is 10.2. The number of likely N-dealkylation sites (tertiary alicyclic amines) is 1. The van der Waals surface area contributed by atoms with E-state index in [0.29, 0.717) is 38.0 Å². The number of carbonyl (C=O) groups excluding carboxylic acids is 2. The van der Waals surface area contributed by atoms with Gasteiger partial charge in [-0.05, 0) is 25.5 Å². The van der Waals surface area contributed by atoms with Crippen molar-refractivity contribution in [1.82, 2.24) is 14.8 Å². The summed E-state index contributed by atoms with van der Waals surface area (Å²) in [5, 5.41) is 0.965. The number of piperidine rings is 1. The predicted octanol–water partition coefficient (Wildman–Crippen LogP) is 3.85. The lowest BCUT2D eigenvalue weighted by atomic mass is 9.90. The van der Waals surface area contributed by atoms with Crippen LogP contribution in [-0.2, 0) is 4.74 Å². The molecule has 1 aromatic carbocycles. The molecule has 2 saturated heterocycles. The van der Waals surface area contributed by atoms with E-state index < -0.39 is 5.60 Å². The van der Waals surface area contributed by atoms with E-state index in [1.807, 2.05) is 40.1 Å². The summed E-state index contributed by atoms with van der Waals surface area (Å²) < 4.78 is 5.81. The number of hydrogen-bond acceptors (Lipinski definition) is 4. The molecule has 2 aromatic rings. The second-order valence-electron chi connectivity index (χ2n) is 7.99. The number of amides is 2. The highest BCUT2D eigenvalue weighted by Gasteiger charge is 2.48. The Balaban J connectivity index is 1.46. The van der Waals surface area contributed by atoms with Gasteiger partial charge in [0.25, 0.3) is 5.91 Å². The summed E-state index contributed by atoms with van der Waals surface area (Å²) in [4.78, 5) is 33.6. The van der Waals surface area contributed by atoms with Gasteiger partial charge in [0.15, 0.2) is 0 Å². The minimum absolute atomic E-state index is 0.000296. The van der Waals surface area contributed by atoms with Crippen molar-refractivity contribution >= 4 is 22.9 Å². The van der Waals surface area contributed by atoms with Crippen LogP contribution in [0, 0.1) is 0 Å². The molecule has 1 aromatic heterocycles. The molecule has 3 heterocycles. The molecule has 0 N–H and O–H groups in total. The number of aromatic nitrogens is 1. The van der Waals surface area contributed by atoms with E-state index in [4.69, 9.17) is 4.74 Å². The lowest BCUT2D eigenvalue weighted by Gasteiger charge is -2.37. The van der Waals surface area contributed by atoms with E-state index >= 15 is 0 Å². The van der Waals surface area contributed by atoms with Crippen LogP contribution < -0.4 is 0 Å². The molecule has 0 radical (unpaired) electrons. The Morgan fingerprint density at radius 1 is 1.25 bits per heavy atom. The van der Waals surface area contributed by atoms with Crippen molar-refractivity contribution in [1.29, 1.82) is 0 Å². The SMILES string of the molecule is CCCC(C)N1CC2(CCN(C(=O)c3cccc4cccnc34)CC2)OC1=O. The third-order valence-electron chi connectivity index (χ3n) is 6.06. The summed E-state index contributed by atoms with van der Waals surface area (Å²) >= 11 is 0. The van der Waals surface area contributed by atoms with Gasteiger partial charge in [0.05, 0.1) is 17.6 Å². The third-order valence-corrected chi connectivity index (χ3v) is 6.06. The van der Waals surface area contributed by atoms with E-state index in [9.17, 15) is 9.59 Å². The van der Waals surface area contributed by atoms with Crippen LogP contribution in [0.1, 0.15) is 49.9 Å². The standard InChI is InChI=1S/C22H27N3O3/c1-3-6-16(2)25-15-22(28-21(25)27)10-13-24(14-11-22)20(26)18-9-4-7-17-8-5-12-23-19(17)18/h4-5,7-9,12,16H,3,6,10-11,13-15H2,1-2H3. The van der Waals surface area contributed by atoms with Gasteiger partial charge in [-0.1, -0.05) is 31.5 Å². The largest absolute Gasteiger partial charge is 0.441 e. The summed E-state index contributed by atoms with van der Waals surface area (Å²) in [5.41, 5.74) is 0.921. The molecule has 148 valence electrons. The van der Waals surface area contributed by atoms with Gasteiger partial charge in [-0.25, -0.2) is 4.79 Å². The summed E-state index contributed by atoms with van der Waals surface area (Å²) in [5.74, 6) is -0.000296. The number of carbonyl (C=O) groups is 2. The normalized spacial score (nSPS) is 19.9. The lowest BCUT2D eigenvalue weighted by molar-refractivity contribution is 0.00312. The zero-order valence-corrected chi connectivity index (χ0v) is 16.6. The fourth-order valence-corrected chi connectivity index (χ4v) is 4.39. The van der Waals surface area contributed by atoms with Crippen LogP contribution in [0.15, 0.2) is 36.5 Å². The molecule has 2 fully saturated rings. The molecule has 0 aliphatic carbocycles. The first kappa shape index (κ1) is 18.7. The van der Waals surface area contributed by atoms with E-state index in [1.54, 1.807) is 6.20 Å². The topological polar surface area (TPSA) is 62.7 Å². The first-order valence-corrected chi connectivity index (χ1v) is 10.2. The van der Waals surface area contributed by atoms with E-state index in [1.165, 1.54) is 0 Å². The molecule has 6 nitrogen and oxygen atoms in total. The van der Waals surface area contributed by atoms with Gasteiger partial charge in [0, 0.05) is 43.6 Å². The molecule has 2 amide bonds. The zero-order chi connectivity index (χ0) is 19.7. The van der Waals surface area contributed by atoms with Gasteiger partial charge in [0.2, 0.25) is 0 Å². The van der Waals surface area contributed by atoms with Crippen LogP contribution in [0.3, 0.4) is 0 Å². The summed E-state index contributed by atoms with van der Waals surface area (Å²) in [6.07, 6.45) is 4.88. The highest BCUT2D eigenvalue weighted by Crippen LogP contribution is 2.35. The average Bonchev–Trinajstić information content (AvgIpc) is 3.03. The molecule has 1 spiro atoms. The van der Waals surface area contributed by atoms with Crippen molar-refractivity contribution in [2.24, 2.45) is 0 Å². The maximum Gasteiger partial charge on any atom is 0.410 e. The van der Waals surface area contributed by atoms with Crippen LogP contribution in [-0.4, -0.2) is 58.1 Å². The Bertz CT molecular complexity index is 884. The van der Waals surface area contributed by atoms with Crippen LogP contribution >= 0.6 is 0 Å². The molecule has 28 heavy (non-hydrogen) atoms. The second-order valence-corrected chi connectivity index (χ2v) is 7.99. The number of hydrogen-bond donors (Lipinski definition) is 0. The smallest absolute Gasteiger partial charge is 0.410 e. The fraction of sp³-hybridized carbons (Fsp3) is 0.500. The van der Waals surface area contributed by atoms with Crippen molar-refractivity contribution in [2.45, 2.75) is 51.2 Å². The number of para-hydroxylation sites is 1. The monoisotopic (exact) mass is 381 g/mol. The maximum absolute atomic E-state index is 13.1. The summed E-state index contributed by atoms with van der Waals surface area (Å²) in [6.45, 7) is 6.01. The molecule has 6 heteroatoms. The van der Waals surface area contributed by atoms with Gasteiger partial charge in [0.1, 0.15) is 5.60 Å². The molecular formula is C22H27N3O3. The minimum atomic E-state index is -0.452. The number of benzene rings is 1. The van der Waals surface area contributed by atoms with E-state index in [0.717, 1.165) is 23.7 Å². The highest BCUT2D eigenvalue weighted by molar-refractivity contribution is 6.05. The molecule has 1 atom stereocenters. The Morgan fingerprint density at radius 2 is 2.00 bits per heavy atom. The van der Waals surface area contributed by atoms with E-state index in [-0.39, 0.29) is 18.0 Å². The molecule has 0 bridgehead atoms. The molecule has 2 aliphatic rings. The van der Waals surface area contributed by atoms with Crippen molar-refractivity contribution in [3.8, 4) is 0 Å². The van der Waals surface area contributed by atoms with Crippen LogP contribution in [0.5, 0.6) is 0 Å². The van der Waals surface area contributed by atoms with E-state index in [2.05, 4.69) is 18.8 Å². The number of fused-ring (bicyclic) bond motifs is 1. The van der Waals surface area contributed by atoms with Crippen LogP contribution in [0.2, 0.25) is 0 Å². The summed E-state index contributed by atoms with van der Waals surface area (Å²) in [6, 6.07) is 9.74. The Labute approximate surface area is 165 Å². The minimum Gasteiger partial charge on any atom is -0.441 e. The molecule has 1 unspecified atom stereocenters. The number of nitrogens with zero attached hydrogens (tertiary/aromatic N) is 3. The first-order chi connectivity index (χ1) is 13.5. The van der Waals surface area contributed by atoms with Gasteiger partial charge in [-0.3, -0.25) is 9.78 Å². The number of pyridine rings is 1. The number of ether oxygens (including phenoxy) is 1. The van der Waals surface area contributed by atoms with Crippen molar-refractivity contribution in [2.75, 3.05) is 19.6 Å². The van der Waals surface area contributed by atoms with Crippen LogP contribution in [0.4, 0.5) is 4.79 Å².